The standard InChI is InChI=1S/C15H23NO5S/c1-11(22(18,19)20)13(10-12-8-6-5-7-9-12)16-14(17)21-15(2,3)4/h5-9,11,13H,10H2,1-4H3,(H,16,17)(H,18,19,20)/t11-,13-/m0/s1. The second kappa shape index (κ2) is 7.11. The average molecular weight is 329 g/mol. The molecular formula is C15H23NO5S. The molecule has 0 aliphatic heterocycles. The van der Waals surface area contributed by atoms with Crippen molar-refractivity contribution < 1.29 is 22.5 Å². The Morgan fingerprint density at radius 3 is 2.27 bits per heavy atom. The fraction of sp³-hybridized carbons (Fsp3) is 0.533. The molecule has 1 aromatic carbocycles. The highest BCUT2D eigenvalue weighted by Gasteiger charge is 2.30. The number of hydrogen-bond donors (Lipinski definition) is 2. The largest absolute Gasteiger partial charge is 0.444 e. The van der Waals surface area contributed by atoms with Crippen LogP contribution in [-0.4, -0.2) is 36.0 Å². The van der Waals surface area contributed by atoms with Gasteiger partial charge >= 0.3 is 6.09 Å². The number of carbonyl (C=O) groups is 1. The van der Waals surface area contributed by atoms with E-state index in [0.717, 1.165) is 5.56 Å². The summed E-state index contributed by atoms with van der Waals surface area (Å²) < 4.78 is 37.2. The van der Waals surface area contributed by atoms with Crippen LogP contribution < -0.4 is 5.32 Å². The van der Waals surface area contributed by atoms with E-state index in [-0.39, 0.29) is 6.42 Å². The monoisotopic (exact) mass is 329 g/mol. The zero-order chi connectivity index (χ0) is 17.0. The van der Waals surface area contributed by atoms with Crippen molar-refractivity contribution in [3.8, 4) is 0 Å². The van der Waals surface area contributed by atoms with Crippen LogP contribution in [0.25, 0.3) is 0 Å². The molecule has 2 N–H and O–H groups in total. The van der Waals surface area contributed by atoms with Crippen molar-refractivity contribution in [2.45, 2.75) is 51.0 Å². The summed E-state index contributed by atoms with van der Waals surface area (Å²) in [6.07, 6.45) is -0.454. The Kier molecular flexibility index (Phi) is 5.96. The van der Waals surface area contributed by atoms with E-state index < -0.39 is 33.1 Å². The van der Waals surface area contributed by atoms with Crippen LogP contribution in [0, 0.1) is 0 Å². The van der Waals surface area contributed by atoms with Gasteiger partial charge in [0.05, 0.1) is 6.04 Å². The highest BCUT2D eigenvalue weighted by molar-refractivity contribution is 7.86. The van der Waals surface area contributed by atoms with Crippen molar-refractivity contribution in [1.82, 2.24) is 5.32 Å². The van der Waals surface area contributed by atoms with Gasteiger partial charge in [-0.15, -0.1) is 0 Å². The number of nitrogens with one attached hydrogen (secondary N) is 1. The van der Waals surface area contributed by atoms with Crippen molar-refractivity contribution in [2.75, 3.05) is 0 Å². The minimum Gasteiger partial charge on any atom is -0.444 e. The zero-order valence-corrected chi connectivity index (χ0v) is 14.1. The molecular weight excluding hydrogens is 306 g/mol. The fourth-order valence-corrected chi connectivity index (χ4v) is 2.45. The maximum Gasteiger partial charge on any atom is 0.407 e. The zero-order valence-electron chi connectivity index (χ0n) is 13.2. The molecule has 0 aliphatic rings. The Bertz CT molecular complexity index is 592. The normalized spacial score (nSPS) is 15.0. The summed E-state index contributed by atoms with van der Waals surface area (Å²) in [6, 6.07) is 8.32. The Labute approximate surface area is 131 Å². The van der Waals surface area contributed by atoms with Crippen LogP contribution in [0.1, 0.15) is 33.3 Å². The first-order valence-electron chi connectivity index (χ1n) is 6.99. The Balaban J connectivity index is 2.90. The first kappa shape index (κ1) is 18.4. The molecule has 1 amide bonds. The molecule has 0 unspecified atom stereocenters. The summed E-state index contributed by atoms with van der Waals surface area (Å²) in [4.78, 5) is 11.9. The van der Waals surface area contributed by atoms with Crippen LogP contribution >= 0.6 is 0 Å². The summed E-state index contributed by atoms with van der Waals surface area (Å²) in [5.41, 5.74) is 0.155. The number of ether oxygens (including phenoxy) is 1. The molecule has 1 rings (SSSR count). The predicted molar refractivity (Wildman–Crippen MR) is 84.3 cm³/mol. The second-order valence-electron chi connectivity index (χ2n) is 6.16. The minimum absolute atomic E-state index is 0.265. The maximum absolute atomic E-state index is 11.9. The smallest absolute Gasteiger partial charge is 0.407 e. The molecule has 22 heavy (non-hydrogen) atoms. The van der Waals surface area contributed by atoms with Crippen LogP contribution in [0.5, 0.6) is 0 Å². The highest BCUT2D eigenvalue weighted by atomic mass is 32.2. The van der Waals surface area contributed by atoms with Gasteiger partial charge in [-0.3, -0.25) is 4.55 Å². The third-order valence-corrected chi connectivity index (χ3v) is 4.31. The number of benzene rings is 1. The number of amides is 1. The lowest BCUT2D eigenvalue weighted by molar-refractivity contribution is 0.0503. The first-order chi connectivity index (χ1) is 9.99. The van der Waals surface area contributed by atoms with Gasteiger partial charge < -0.3 is 10.1 Å². The molecule has 0 bridgehead atoms. The van der Waals surface area contributed by atoms with E-state index in [9.17, 15) is 17.8 Å². The molecule has 2 atom stereocenters. The molecule has 0 heterocycles. The average Bonchev–Trinajstić information content (AvgIpc) is 2.35. The molecule has 6 nitrogen and oxygen atoms in total. The summed E-state index contributed by atoms with van der Waals surface area (Å²) in [5.74, 6) is 0. The number of hydrogen-bond acceptors (Lipinski definition) is 4. The Morgan fingerprint density at radius 1 is 1.27 bits per heavy atom. The summed E-state index contributed by atoms with van der Waals surface area (Å²) in [7, 11) is -4.28. The van der Waals surface area contributed by atoms with Gasteiger partial charge in [0.15, 0.2) is 0 Å². The van der Waals surface area contributed by atoms with E-state index in [1.165, 1.54) is 6.92 Å². The van der Waals surface area contributed by atoms with Crippen molar-refractivity contribution >= 4 is 16.2 Å². The quantitative estimate of drug-likeness (QED) is 0.809. The molecule has 0 saturated heterocycles. The van der Waals surface area contributed by atoms with Gasteiger partial charge in [-0.25, -0.2) is 4.79 Å². The van der Waals surface area contributed by atoms with Crippen molar-refractivity contribution in [3.05, 3.63) is 35.9 Å². The topological polar surface area (TPSA) is 92.7 Å². The number of rotatable bonds is 5. The SMILES string of the molecule is C[C@@H]([C@H](Cc1ccccc1)NC(=O)OC(C)(C)C)S(=O)(=O)O. The van der Waals surface area contributed by atoms with Crippen LogP contribution in [-0.2, 0) is 21.3 Å². The predicted octanol–water partition coefficient (Wildman–Crippen LogP) is 2.40. The Morgan fingerprint density at radius 2 is 1.82 bits per heavy atom. The lowest BCUT2D eigenvalue weighted by Gasteiger charge is -2.26. The lowest BCUT2D eigenvalue weighted by atomic mass is 10.0. The van der Waals surface area contributed by atoms with Crippen LogP contribution in [0.2, 0.25) is 0 Å². The van der Waals surface area contributed by atoms with Crippen LogP contribution in [0.3, 0.4) is 0 Å². The summed E-state index contributed by atoms with van der Waals surface area (Å²) in [6.45, 7) is 6.49. The van der Waals surface area contributed by atoms with E-state index in [0.29, 0.717) is 0 Å². The lowest BCUT2D eigenvalue weighted by Crippen LogP contribution is -2.48. The van der Waals surface area contributed by atoms with Crippen LogP contribution in [0.4, 0.5) is 4.79 Å². The molecule has 0 saturated carbocycles. The number of alkyl carbamates (subject to hydrolysis) is 1. The summed E-state index contributed by atoms with van der Waals surface area (Å²) in [5, 5.41) is 1.38. The third-order valence-electron chi connectivity index (χ3n) is 3.04. The summed E-state index contributed by atoms with van der Waals surface area (Å²) >= 11 is 0. The van der Waals surface area contributed by atoms with Gasteiger partial charge in [0.2, 0.25) is 0 Å². The molecule has 124 valence electrons. The fourth-order valence-electron chi connectivity index (χ4n) is 1.87. The van der Waals surface area contributed by atoms with Crippen molar-refractivity contribution in [1.29, 1.82) is 0 Å². The molecule has 0 aromatic heterocycles. The number of carbonyl (C=O) groups excluding carboxylic acids is 1. The molecule has 0 spiro atoms. The van der Waals surface area contributed by atoms with E-state index in [1.807, 2.05) is 30.3 Å². The molecule has 0 radical (unpaired) electrons. The first-order valence-corrected chi connectivity index (χ1v) is 8.49. The third kappa shape index (κ3) is 6.44. The van der Waals surface area contributed by atoms with Crippen molar-refractivity contribution in [3.63, 3.8) is 0 Å². The molecule has 0 aliphatic carbocycles. The van der Waals surface area contributed by atoms with Gasteiger partial charge in [0, 0.05) is 0 Å². The van der Waals surface area contributed by atoms with Gasteiger partial charge in [-0.2, -0.15) is 8.42 Å². The van der Waals surface area contributed by atoms with Gasteiger partial charge in [-0.05, 0) is 39.7 Å². The van der Waals surface area contributed by atoms with E-state index in [4.69, 9.17) is 4.74 Å². The Hall–Kier alpha value is -1.60. The van der Waals surface area contributed by atoms with E-state index >= 15 is 0 Å². The van der Waals surface area contributed by atoms with Crippen molar-refractivity contribution in [2.24, 2.45) is 0 Å². The van der Waals surface area contributed by atoms with Gasteiger partial charge in [0.25, 0.3) is 10.1 Å². The minimum atomic E-state index is -4.28. The van der Waals surface area contributed by atoms with Gasteiger partial charge in [0.1, 0.15) is 10.9 Å². The van der Waals surface area contributed by atoms with E-state index in [1.54, 1.807) is 20.8 Å². The maximum atomic E-state index is 11.9. The second-order valence-corrected chi connectivity index (χ2v) is 7.94. The highest BCUT2D eigenvalue weighted by Crippen LogP contribution is 2.13. The molecule has 7 heteroatoms. The van der Waals surface area contributed by atoms with Gasteiger partial charge in [-0.1, -0.05) is 30.3 Å². The van der Waals surface area contributed by atoms with E-state index in [2.05, 4.69) is 5.32 Å². The molecule has 0 fully saturated rings. The molecule has 1 aromatic rings. The van der Waals surface area contributed by atoms with Crippen LogP contribution in [0.15, 0.2) is 30.3 Å².